The maximum Gasteiger partial charge on any atom is 0.223 e. The molecule has 8 heteroatoms. The first-order valence-electron chi connectivity index (χ1n) is 7.16. The number of rotatable bonds is 5. The molecular weight excluding hydrogens is 306 g/mol. The van der Waals surface area contributed by atoms with Crippen LogP contribution in [0.1, 0.15) is 6.92 Å². The van der Waals surface area contributed by atoms with Crippen LogP contribution in [-0.2, 0) is 9.53 Å². The molecular formula is C15H21NO7. The van der Waals surface area contributed by atoms with E-state index in [1.54, 1.807) is 24.3 Å². The number of nitrogens with one attached hydrogen (secondary N) is 1. The van der Waals surface area contributed by atoms with Crippen molar-refractivity contribution in [3.05, 3.63) is 24.3 Å². The van der Waals surface area contributed by atoms with Crippen LogP contribution in [0.2, 0.25) is 0 Å². The Bertz CT molecular complexity index is 538. The lowest BCUT2D eigenvalue weighted by Gasteiger charge is -2.42. The summed E-state index contributed by atoms with van der Waals surface area (Å²) in [5, 5.41) is 31.8. The molecule has 1 aromatic rings. The van der Waals surface area contributed by atoms with Crippen LogP contribution in [0, 0.1) is 0 Å². The van der Waals surface area contributed by atoms with Crippen molar-refractivity contribution in [2.24, 2.45) is 0 Å². The molecule has 0 aliphatic carbocycles. The van der Waals surface area contributed by atoms with Gasteiger partial charge in [-0.05, 0) is 12.1 Å². The minimum Gasteiger partial charge on any atom is -0.497 e. The number of aliphatic hydroxyl groups excluding tert-OH is 3. The molecule has 1 aliphatic rings. The van der Waals surface area contributed by atoms with Gasteiger partial charge in [0.1, 0.15) is 35.9 Å². The molecule has 4 N–H and O–H groups in total. The lowest BCUT2D eigenvalue weighted by molar-refractivity contribution is -0.244. The summed E-state index contributed by atoms with van der Waals surface area (Å²) in [6.07, 6.45) is -4.80. The first-order valence-corrected chi connectivity index (χ1v) is 7.16. The van der Waals surface area contributed by atoms with E-state index >= 15 is 0 Å². The van der Waals surface area contributed by atoms with Crippen molar-refractivity contribution in [1.82, 2.24) is 5.32 Å². The highest BCUT2D eigenvalue weighted by Crippen LogP contribution is 2.26. The van der Waals surface area contributed by atoms with Gasteiger partial charge in [0.15, 0.2) is 0 Å². The van der Waals surface area contributed by atoms with Crippen LogP contribution in [-0.4, -0.2) is 65.6 Å². The van der Waals surface area contributed by atoms with E-state index in [0.717, 1.165) is 0 Å². The van der Waals surface area contributed by atoms with Crippen molar-refractivity contribution in [2.45, 2.75) is 37.6 Å². The van der Waals surface area contributed by atoms with Crippen LogP contribution in [0.4, 0.5) is 0 Å². The number of benzene rings is 1. The van der Waals surface area contributed by atoms with Gasteiger partial charge in [-0.3, -0.25) is 4.79 Å². The zero-order valence-electron chi connectivity index (χ0n) is 12.9. The molecule has 0 radical (unpaired) electrons. The summed E-state index contributed by atoms with van der Waals surface area (Å²) in [7, 11) is 1.51. The second-order valence-corrected chi connectivity index (χ2v) is 5.23. The van der Waals surface area contributed by atoms with Gasteiger partial charge in [-0.25, -0.2) is 0 Å². The Labute approximate surface area is 133 Å². The Balaban J connectivity index is 2.21. The quantitative estimate of drug-likeness (QED) is 0.549. The summed E-state index contributed by atoms with van der Waals surface area (Å²) in [5.41, 5.74) is 0. The van der Waals surface area contributed by atoms with Crippen molar-refractivity contribution in [1.29, 1.82) is 0 Å². The molecule has 1 amide bonds. The van der Waals surface area contributed by atoms with E-state index in [9.17, 15) is 20.1 Å². The van der Waals surface area contributed by atoms with E-state index < -0.39 is 43.2 Å². The van der Waals surface area contributed by atoms with E-state index in [1.165, 1.54) is 14.0 Å². The lowest BCUT2D eigenvalue weighted by atomic mass is 9.97. The van der Waals surface area contributed by atoms with Crippen molar-refractivity contribution >= 4 is 5.91 Å². The van der Waals surface area contributed by atoms with Gasteiger partial charge < -0.3 is 34.8 Å². The topological polar surface area (TPSA) is 117 Å². The van der Waals surface area contributed by atoms with E-state index in [2.05, 4.69) is 5.32 Å². The Morgan fingerprint density at radius 2 is 2.00 bits per heavy atom. The number of ether oxygens (including phenoxy) is 3. The summed E-state index contributed by atoms with van der Waals surface area (Å²) < 4.78 is 16.2. The summed E-state index contributed by atoms with van der Waals surface area (Å²) in [6.45, 7) is 0.781. The molecule has 0 bridgehead atoms. The van der Waals surface area contributed by atoms with Gasteiger partial charge in [-0.2, -0.15) is 0 Å². The Morgan fingerprint density at radius 3 is 2.61 bits per heavy atom. The lowest BCUT2D eigenvalue weighted by Crippen LogP contribution is -2.65. The van der Waals surface area contributed by atoms with Crippen LogP contribution in [0.15, 0.2) is 24.3 Å². The first kappa shape index (κ1) is 17.5. The number of amides is 1. The minimum atomic E-state index is -1.35. The molecule has 2 rings (SSSR count). The molecule has 0 saturated carbocycles. The molecule has 1 saturated heterocycles. The highest BCUT2D eigenvalue weighted by molar-refractivity contribution is 5.73. The van der Waals surface area contributed by atoms with E-state index in [1.807, 2.05) is 0 Å². The fraction of sp³-hybridized carbons (Fsp3) is 0.533. The molecule has 5 atom stereocenters. The fourth-order valence-corrected chi connectivity index (χ4v) is 2.38. The standard InChI is InChI=1S/C15H21NO7/c1-8(18)16-12-14(20)13(19)11(7-17)23-15(12)22-10-5-3-4-9(6-10)21-2/h3-6,11-15,17,19-20H,7H2,1-2H3,(H,16,18)/t11-,12+,13+,14-,15-/m1/s1. The molecule has 1 aromatic carbocycles. The number of carbonyl (C=O) groups excluding carboxylic acids is 1. The van der Waals surface area contributed by atoms with Gasteiger partial charge in [0.25, 0.3) is 0 Å². The van der Waals surface area contributed by atoms with Gasteiger partial charge in [0.05, 0.1) is 13.7 Å². The molecule has 1 fully saturated rings. The third kappa shape index (κ3) is 4.11. The number of hydrogen-bond acceptors (Lipinski definition) is 7. The molecule has 128 valence electrons. The Morgan fingerprint density at radius 1 is 1.30 bits per heavy atom. The normalized spacial score (nSPS) is 30.6. The fourth-order valence-electron chi connectivity index (χ4n) is 2.38. The number of methoxy groups -OCH3 is 1. The maximum absolute atomic E-state index is 11.3. The summed E-state index contributed by atoms with van der Waals surface area (Å²) in [6, 6.07) is 5.71. The number of hydrogen-bond donors (Lipinski definition) is 4. The monoisotopic (exact) mass is 327 g/mol. The van der Waals surface area contributed by atoms with Gasteiger partial charge in [-0.1, -0.05) is 6.07 Å². The van der Waals surface area contributed by atoms with Gasteiger partial charge in [0, 0.05) is 13.0 Å². The zero-order chi connectivity index (χ0) is 17.0. The molecule has 0 spiro atoms. The second kappa shape index (κ2) is 7.60. The summed E-state index contributed by atoms with van der Waals surface area (Å²) >= 11 is 0. The van der Waals surface area contributed by atoms with Crippen LogP contribution >= 0.6 is 0 Å². The van der Waals surface area contributed by atoms with Crippen molar-refractivity contribution in [3.8, 4) is 11.5 Å². The van der Waals surface area contributed by atoms with Crippen LogP contribution < -0.4 is 14.8 Å². The van der Waals surface area contributed by atoms with Crippen molar-refractivity contribution in [3.63, 3.8) is 0 Å². The van der Waals surface area contributed by atoms with E-state index in [0.29, 0.717) is 11.5 Å². The second-order valence-electron chi connectivity index (χ2n) is 5.23. The van der Waals surface area contributed by atoms with Gasteiger partial charge in [0.2, 0.25) is 12.2 Å². The molecule has 0 unspecified atom stereocenters. The highest BCUT2D eigenvalue weighted by atomic mass is 16.7. The zero-order valence-corrected chi connectivity index (χ0v) is 12.9. The predicted octanol–water partition coefficient (Wildman–Crippen LogP) is -0.982. The largest absolute Gasteiger partial charge is 0.497 e. The van der Waals surface area contributed by atoms with Crippen LogP contribution in [0.3, 0.4) is 0 Å². The third-order valence-electron chi connectivity index (χ3n) is 3.54. The van der Waals surface area contributed by atoms with Gasteiger partial charge in [-0.15, -0.1) is 0 Å². The first-order chi connectivity index (χ1) is 11.0. The van der Waals surface area contributed by atoms with Gasteiger partial charge >= 0.3 is 0 Å². The summed E-state index contributed by atoms with van der Waals surface area (Å²) in [4.78, 5) is 11.3. The smallest absolute Gasteiger partial charge is 0.223 e. The van der Waals surface area contributed by atoms with Crippen LogP contribution in [0.5, 0.6) is 11.5 Å². The molecule has 1 heterocycles. The average molecular weight is 327 g/mol. The van der Waals surface area contributed by atoms with Crippen molar-refractivity contribution < 1.29 is 34.3 Å². The number of aliphatic hydroxyl groups is 3. The Hall–Kier alpha value is -1.87. The minimum absolute atomic E-state index is 0.394. The maximum atomic E-state index is 11.3. The average Bonchev–Trinajstić information content (AvgIpc) is 2.54. The SMILES string of the molecule is COc1cccc(O[C@@H]2O[C@H](CO)[C@H](O)[C@H](O)[C@@H]2NC(C)=O)c1. The number of carbonyl (C=O) groups is 1. The molecule has 8 nitrogen and oxygen atoms in total. The van der Waals surface area contributed by atoms with Crippen LogP contribution in [0.25, 0.3) is 0 Å². The Kier molecular flexibility index (Phi) is 5.78. The van der Waals surface area contributed by atoms with E-state index in [-0.39, 0.29) is 0 Å². The molecule has 23 heavy (non-hydrogen) atoms. The predicted molar refractivity (Wildman–Crippen MR) is 79.0 cm³/mol. The third-order valence-corrected chi connectivity index (χ3v) is 3.54. The molecule has 1 aliphatic heterocycles. The molecule has 0 aromatic heterocycles. The highest BCUT2D eigenvalue weighted by Gasteiger charge is 2.46. The summed E-state index contributed by atoms with van der Waals surface area (Å²) in [5.74, 6) is 0.546. The van der Waals surface area contributed by atoms with E-state index in [4.69, 9.17) is 14.2 Å². The van der Waals surface area contributed by atoms with Crippen molar-refractivity contribution in [2.75, 3.05) is 13.7 Å².